The summed E-state index contributed by atoms with van der Waals surface area (Å²) in [6, 6.07) is 3.44. The second kappa shape index (κ2) is 11.3. The van der Waals surface area contributed by atoms with Crippen LogP contribution in [-0.2, 0) is 14.3 Å². The van der Waals surface area contributed by atoms with Crippen LogP contribution in [0.25, 0.3) is 0 Å². The number of ether oxygens (including phenoxy) is 2. The summed E-state index contributed by atoms with van der Waals surface area (Å²) in [6.45, 7) is 3.83. The van der Waals surface area contributed by atoms with Gasteiger partial charge in [0.2, 0.25) is 0 Å². The van der Waals surface area contributed by atoms with Gasteiger partial charge in [0.25, 0.3) is 0 Å². The molecule has 0 N–H and O–H groups in total. The van der Waals surface area contributed by atoms with Gasteiger partial charge in [0.15, 0.2) is 17.5 Å². The van der Waals surface area contributed by atoms with Gasteiger partial charge in [-0.1, -0.05) is 18.2 Å². The van der Waals surface area contributed by atoms with E-state index in [4.69, 9.17) is 9.47 Å². The molecule has 192 valence electrons. The van der Waals surface area contributed by atoms with Crippen LogP contribution in [0.3, 0.4) is 0 Å². The van der Waals surface area contributed by atoms with Gasteiger partial charge in [0, 0.05) is 7.11 Å². The van der Waals surface area contributed by atoms with Crippen LogP contribution in [0.15, 0.2) is 36.4 Å². The maximum atomic E-state index is 15.1. The van der Waals surface area contributed by atoms with Crippen LogP contribution in [0.2, 0.25) is 0 Å². The normalized spacial score (nSPS) is 31.8. The molecule has 1 aromatic rings. The van der Waals surface area contributed by atoms with Gasteiger partial charge in [0.05, 0.1) is 0 Å². The van der Waals surface area contributed by atoms with Crippen LogP contribution in [0, 0.1) is 23.5 Å². The van der Waals surface area contributed by atoms with E-state index in [1.54, 1.807) is 12.1 Å². The molecule has 0 aromatic heterocycles. The minimum Gasteiger partial charge on any atom is -0.462 e. The highest BCUT2D eigenvalue weighted by Crippen LogP contribution is 2.41. The Morgan fingerprint density at radius 3 is 1.89 bits per heavy atom. The van der Waals surface area contributed by atoms with Crippen LogP contribution in [0.1, 0.15) is 87.2 Å². The number of benzene rings is 1. The Balaban J connectivity index is 1.34. The average Bonchev–Trinajstić information content (AvgIpc) is 2.88. The van der Waals surface area contributed by atoms with Crippen molar-refractivity contribution in [2.24, 2.45) is 11.8 Å². The minimum absolute atomic E-state index is 0.0307. The minimum atomic E-state index is -1.25. The quantitative estimate of drug-likeness (QED) is 0.232. The first kappa shape index (κ1) is 25.9. The lowest BCUT2D eigenvalue weighted by Gasteiger charge is -2.31. The molecule has 3 aliphatic carbocycles. The summed E-state index contributed by atoms with van der Waals surface area (Å²) < 4.78 is 68.8. The van der Waals surface area contributed by atoms with Crippen LogP contribution >= 0.6 is 0 Å². The molecule has 4 rings (SSSR count). The van der Waals surface area contributed by atoms with Crippen molar-refractivity contribution in [1.29, 1.82) is 0 Å². The first-order chi connectivity index (χ1) is 16.8. The van der Waals surface area contributed by atoms with Crippen molar-refractivity contribution < 1.29 is 31.8 Å². The number of hydrogen-bond acceptors (Lipinski definition) is 3. The molecular formula is C28H34F4O3. The standard InChI is InChI=1S/C28H34F4O3/c1-3-16-4-6-17(7-5-16)20-12-13-21(25(30)24(20)29)18-8-10-19(11-9-18)35-28(33)22-14-15-23(34-2)27(32)26(22)31/h3,12-13,16-19,22-23H,1,4-11,14-15H2,2H3. The third-order valence-electron chi connectivity index (χ3n) is 8.19. The number of carbonyl (C=O) groups excluding carboxylic acids is 1. The molecular weight excluding hydrogens is 460 g/mol. The van der Waals surface area contributed by atoms with Crippen molar-refractivity contribution in [1.82, 2.24) is 0 Å². The van der Waals surface area contributed by atoms with Gasteiger partial charge in [0.1, 0.15) is 24.0 Å². The van der Waals surface area contributed by atoms with Crippen molar-refractivity contribution in [3.8, 4) is 0 Å². The van der Waals surface area contributed by atoms with Crippen LogP contribution < -0.4 is 0 Å². The summed E-state index contributed by atoms with van der Waals surface area (Å²) in [7, 11) is 1.30. The number of halogens is 4. The molecule has 35 heavy (non-hydrogen) atoms. The molecule has 1 aromatic carbocycles. The largest absolute Gasteiger partial charge is 0.462 e. The molecule has 7 heteroatoms. The summed E-state index contributed by atoms with van der Waals surface area (Å²) in [5, 5.41) is 0. The van der Waals surface area contributed by atoms with Gasteiger partial charge in [-0.3, -0.25) is 4.79 Å². The molecule has 2 unspecified atom stereocenters. The van der Waals surface area contributed by atoms with Crippen molar-refractivity contribution in [3.05, 3.63) is 59.2 Å². The fourth-order valence-corrected chi connectivity index (χ4v) is 5.95. The molecule has 2 atom stereocenters. The first-order valence-electron chi connectivity index (χ1n) is 12.7. The first-order valence-corrected chi connectivity index (χ1v) is 12.7. The molecule has 3 nitrogen and oxygen atoms in total. The lowest BCUT2D eigenvalue weighted by Crippen LogP contribution is -2.32. The van der Waals surface area contributed by atoms with Crippen molar-refractivity contribution >= 4 is 5.97 Å². The fraction of sp³-hybridized carbons (Fsp3) is 0.607. The summed E-state index contributed by atoms with van der Waals surface area (Å²) in [6.07, 6.45) is 6.41. The number of allylic oxidation sites excluding steroid dienone is 1. The third-order valence-corrected chi connectivity index (χ3v) is 8.19. The van der Waals surface area contributed by atoms with Gasteiger partial charge in [-0.25, -0.2) is 17.6 Å². The summed E-state index contributed by atoms with van der Waals surface area (Å²) >= 11 is 0. The van der Waals surface area contributed by atoms with Crippen LogP contribution in [-0.4, -0.2) is 25.3 Å². The Labute approximate surface area is 204 Å². The average molecular weight is 495 g/mol. The van der Waals surface area contributed by atoms with E-state index in [1.165, 1.54) is 7.11 Å². The van der Waals surface area contributed by atoms with Gasteiger partial charge >= 0.3 is 5.97 Å². The van der Waals surface area contributed by atoms with E-state index in [0.717, 1.165) is 25.7 Å². The Morgan fingerprint density at radius 2 is 1.37 bits per heavy atom. The highest BCUT2D eigenvalue weighted by molar-refractivity contribution is 5.76. The van der Waals surface area contributed by atoms with E-state index in [-0.39, 0.29) is 24.7 Å². The fourth-order valence-electron chi connectivity index (χ4n) is 5.95. The molecule has 3 aliphatic rings. The molecule has 0 saturated heterocycles. The lowest BCUT2D eigenvalue weighted by molar-refractivity contribution is -0.155. The number of hydrogen-bond donors (Lipinski definition) is 0. The molecule has 2 fully saturated rings. The van der Waals surface area contributed by atoms with E-state index >= 15 is 8.78 Å². The number of rotatable bonds is 6. The highest BCUT2D eigenvalue weighted by Gasteiger charge is 2.38. The van der Waals surface area contributed by atoms with E-state index in [2.05, 4.69) is 6.58 Å². The van der Waals surface area contributed by atoms with Gasteiger partial charge in [-0.15, -0.1) is 6.58 Å². The lowest BCUT2D eigenvalue weighted by atomic mass is 9.77. The van der Waals surface area contributed by atoms with Crippen molar-refractivity contribution in [3.63, 3.8) is 0 Å². The SMILES string of the molecule is C=CC1CCC(c2ccc(C3CCC(OC(=O)C4CCC(OC)C(F)=C4F)CC3)c(F)c2F)CC1. The zero-order valence-electron chi connectivity index (χ0n) is 20.2. The maximum Gasteiger partial charge on any atom is 0.316 e. The van der Waals surface area contributed by atoms with Gasteiger partial charge < -0.3 is 9.47 Å². The van der Waals surface area contributed by atoms with Gasteiger partial charge in [-0.05, 0) is 93.1 Å². The molecule has 2 saturated carbocycles. The predicted molar refractivity (Wildman–Crippen MR) is 125 cm³/mol. The van der Waals surface area contributed by atoms with Crippen molar-refractivity contribution in [2.75, 3.05) is 7.11 Å². The highest BCUT2D eigenvalue weighted by atomic mass is 19.2. The second-order valence-electron chi connectivity index (χ2n) is 10.2. The third kappa shape index (κ3) is 5.50. The molecule has 0 heterocycles. The molecule has 0 spiro atoms. The zero-order chi connectivity index (χ0) is 25.1. The van der Waals surface area contributed by atoms with E-state index in [1.807, 2.05) is 6.08 Å². The monoisotopic (exact) mass is 494 g/mol. The van der Waals surface area contributed by atoms with E-state index < -0.39 is 47.4 Å². The molecule has 0 radical (unpaired) electrons. The smallest absolute Gasteiger partial charge is 0.316 e. The van der Waals surface area contributed by atoms with Gasteiger partial charge in [-0.2, -0.15) is 0 Å². The predicted octanol–water partition coefficient (Wildman–Crippen LogP) is 7.57. The Kier molecular flexibility index (Phi) is 8.35. The van der Waals surface area contributed by atoms with Crippen molar-refractivity contribution in [2.45, 2.75) is 88.3 Å². The number of carbonyl (C=O) groups is 1. The van der Waals surface area contributed by atoms with E-state index in [9.17, 15) is 13.6 Å². The number of esters is 1. The van der Waals surface area contributed by atoms with Crippen LogP contribution in [0.4, 0.5) is 17.6 Å². The summed E-state index contributed by atoms with van der Waals surface area (Å²) in [5.74, 6) is -5.38. The molecule has 0 bridgehead atoms. The maximum absolute atomic E-state index is 15.1. The molecule has 0 amide bonds. The zero-order valence-corrected chi connectivity index (χ0v) is 20.2. The Hall–Kier alpha value is -2.15. The summed E-state index contributed by atoms with van der Waals surface area (Å²) in [4.78, 5) is 12.5. The molecule has 0 aliphatic heterocycles. The number of methoxy groups -OCH3 is 1. The van der Waals surface area contributed by atoms with Crippen LogP contribution in [0.5, 0.6) is 0 Å². The Bertz CT molecular complexity index is 959. The van der Waals surface area contributed by atoms with E-state index in [0.29, 0.717) is 42.7 Å². The Morgan fingerprint density at radius 1 is 0.829 bits per heavy atom. The summed E-state index contributed by atoms with van der Waals surface area (Å²) in [5.41, 5.74) is 0.826. The second-order valence-corrected chi connectivity index (χ2v) is 10.2. The topological polar surface area (TPSA) is 35.5 Å².